The number of nitrogens with zero attached hydrogens (tertiary/aromatic N) is 1. The summed E-state index contributed by atoms with van der Waals surface area (Å²) in [7, 11) is -2.45. The van der Waals surface area contributed by atoms with Crippen LogP contribution >= 0.6 is 0 Å². The van der Waals surface area contributed by atoms with E-state index >= 15 is 0 Å². The molecule has 0 saturated carbocycles. The number of aliphatic hydroxyl groups is 1. The quantitative estimate of drug-likeness (QED) is 0.500. The highest BCUT2D eigenvalue weighted by Crippen LogP contribution is 2.29. The zero-order valence-electron chi connectivity index (χ0n) is 18.2. The number of carbonyl (C=O) groups is 2. The van der Waals surface area contributed by atoms with Crippen LogP contribution in [0.15, 0.2) is 24.3 Å². The number of alkyl halides is 3. The maximum absolute atomic E-state index is 13.0. The van der Waals surface area contributed by atoms with Crippen LogP contribution < -0.4 is 10.1 Å². The Morgan fingerprint density at radius 2 is 1.82 bits per heavy atom. The lowest BCUT2D eigenvalue weighted by molar-refractivity contribution is -0.215. The molecule has 1 aliphatic heterocycles. The number of nitrogens with one attached hydrogen (secondary N) is 1. The molecule has 13 heteroatoms. The molecule has 9 nitrogen and oxygen atoms in total. The highest BCUT2D eigenvalue weighted by molar-refractivity contribution is 7.91. The molecule has 1 aromatic carbocycles. The molecule has 0 aliphatic carbocycles. The number of hydrogen-bond acceptors (Lipinski definition) is 6. The van der Waals surface area contributed by atoms with Crippen LogP contribution in [-0.4, -0.2) is 78.8 Å². The fourth-order valence-electron chi connectivity index (χ4n) is 3.66. The van der Waals surface area contributed by atoms with Gasteiger partial charge in [-0.2, -0.15) is 13.2 Å². The number of amides is 2. The van der Waals surface area contributed by atoms with Crippen LogP contribution in [0.3, 0.4) is 0 Å². The third kappa shape index (κ3) is 6.50. The normalized spacial score (nSPS) is 21.0. The zero-order valence-corrected chi connectivity index (χ0v) is 19.1. The Kier molecular flexibility index (Phi) is 8.22. The van der Waals surface area contributed by atoms with Gasteiger partial charge in [0, 0.05) is 6.54 Å². The van der Waals surface area contributed by atoms with Crippen LogP contribution in [-0.2, 0) is 20.4 Å². The summed E-state index contributed by atoms with van der Waals surface area (Å²) in [6, 6.07) is 2.96. The Balaban J connectivity index is 2.20. The van der Waals surface area contributed by atoms with Gasteiger partial charge in [0.1, 0.15) is 11.8 Å². The van der Waals surface area contributed by atoms with Gasteiger partial charge in [0.25, 0.3) is 0 Å². The predicted octanol–water partition coefficient (Wildman–Crippen LogP) is 1.79. The average Bonchev–Trinajstić information content (AvgIpc) is 3.18. The number of carboxylic acid groups (broad SMARTS) is 1. The number of ether oxygens (including phenoxy) is 1. The topological polar surface area (TPSA) is 133 Å². The summed E-state index contributed by atoms with van der Waals surface area (Å²) in [6.45, 7) is 2.21. The van der Waals surface area contributed by atoms with E-state index in [1.54, 1.807) is 12.1 Å². The van der Waals surface area contributed by atoms with Crippen molar-refractivity contribution in [3.05, 3.63) is 29.8 Å². The second-order valence-electron chi connectivity index (χ2n) is 8.23. The minimum atomic E-state index is -5.01. The first-order chi connectivity index (χ1) is 15.2. The molecule has 1 heterocycles. The summed E-state index contributed by atoms with van der Waals surface area (Å²) in [5.74, 6) is -1.82. The number of carbonyl (C=O) groups excluding carboxylic acids is 1. The third-order valence-corrected chi connectivity index (χ3v) is 7.64. The highest BCUT2D eigenvalue weighted by Gasteiger charge is 2.48. The zero-order chi connectivity index (χ0) is 25.1. The van der Waals surface area contributed by atoms with Gasteiger partial charge in [-0.15, -0.1) is 0 Å². The largest absolute Gasteiger partial charge is 0.497 e. The van der Waals surface area contributed by atoms with Gasteiger partial charge in [0.15, 0.2) is 15.9 Å². The Morgan fingerprint density at radius 1 is 1.24 bits per heavy atom. The van der Waals surface area contributed by atoms with Crippen molar-refractivity contribution in [3.63, 3.8) is 0 Å². The van der Waals surface area contributed by atoms with Crippen molar-refractivity contribution in [3.8, 4) is 5.75 Å². The molecule has 1 fully saturated rings. The maximum Gasteiger partial charge on any atom is 0.416 e. The molecule has 3 N–H and O–H groups in total. The number of hydrogen-bond donors (Lipinski definition) is 3. The molecular weight excluding hydrogens is 469 g/mol. The van der Waals surface area contributed by atoms with Gasteiger partial charge in [0.2, 0.25) is 5.91 Å². The van der Waals surface area contributed by atoms with Crippen LogP contribution in [0.5, 0.6) is 5.75 Å². The SMILES string of the molecule is COc1ccc(CS(=O)(=O)[C@@H]2C[C@@H](C(=O)NC(C(C)C)C(O)C(F)(F)F)N(C(=O)O)C2)cc1. The fraction of sp³-hybridized carbons (Fsp3) is 0.600. The van der Waals surface area contributed by atoms with E-state index in [0.29, 0.717) is 16.2 Å². The van der Waals surface area contributed by atoms with Crippen molar-refractivity contribution in [2.75, 3.05) is 13.7 Å². The van der Waals surface area contributed by atoms with Crippen molar-refractivity contribution < 1.29 is 46.1 Å². The fourth-order valence-corrected chi connectivity index (χ4v) is 5.42. The molecule has 4 atom stereocenters. The van der Waals surface area contributed by atoms with E-state index in [0.717, 1.165) is 0 Å². The summed E-state index contributed by atoms with van der Waals surface area (Å²) < 4.78 is 69.7. The number of halogens is 3. The van der Waals surface area contributed by atoms with E-state index < -0.39 is 76.1 Å². The van der Waals surface area contributed by atoms with Crippen LogP contribution in [0.1, 0.15) is 25.8 Å². The molecule has 0 radical (unpaired) electrons. The lowest BCUT2D eigenvalue weighted by Gasteiger charge is -2.31. The van der Waals surface area contributed by atoms with Gasteiger partial charge in [0.05, 0.1) is 24.2 Å². The lowest BCUT2D eigenvalue weighted by atomic mass is 9.97. The molecule has 0 aromatic heterocycles. The first-order valence-corrected chi connectivity index (χ1v) is 11.8. The van der Waals surface area contributed by atoms with Gasteiger partial charge in [-0.1, -0.05) is 26.0 Å². The number of benzene rings is 1. The molecule has 2 unspecified atom stereocenters. The van der Waals surface area contributed by atoms with Gasteiger partial charge >= 0.3 is 12.3 Å². The van der Waals surface area contributed by atoms with Crippen LogP contribution in [0, 0.1) is 5.92 Å². The second kappa shape index (κ2) is 10.2. The molecule has 1 aromatic rings. The smallest absolute Gasteiger partial charge is 0.416 e. The molecule has 1 saturated heterocycles. The molecule has 186 valence electrons. The van der Waals surface area contributed by atoms with Gasteiger partial charge in [-0.3, -0.25) is 9.69 Å². The van der Waals surface area contributed by atoms with Gasteiger partial charge < -0.3 is 20.3 Å². The van der Waals surface area contributed by atoms with Crippen molar-refractivity contribution in [1.29, 1.82) is 0 Å². The molecule has 2 amide bonds. The van der Waals surface area contributed by atoms with Crippen LogP contribution in [0.4, 0.5) is 18.0 Å². The van der Waals surface area contributed by atoms with Crippen molar-refractivity contribution >= 4 is 21.8 Å². The second-order valence-corrected chi connectivity index (χ2v) is 10.5. The molecule has 1 aliphatic rings. The molecule has 0 spiro atoms. The molecule has 33 heavy (non-hydrogen) atoms. The van der Waals surface area contributed by atoms with Crippen LogP contribution in [0.25, 0.3) is 0 Å². The summed E-state index contributed by atoms with van der Waals surface area (Å²) in [5, 5.41) is 19.9. The first kappa shape index (κ1) is 26.7. The highest BCUT2D eigenvalue weighted by atomic mass is 32.2. The van der Waals surface area contributed by atoms with Crippen molar-refractivity contribution in [1.82, 2.24) is 10.2 Å². The first-order valence-electron chi connectivity index (χ1n) is 10.1. The summed E-state index contributed by atoms with van der Waals surface area (Å²) in [4.78, 5) is 24.9. The number of rotatable bonds is 8. The monoisotopic (exact) mass is 496 g/mol. The minimum absolute atomic E-state index is 0.412. The number of aliphatic hydroxyl groups excluding tert-OH is 1. The molecule has 2 rings (SSSR count). The maximum atomic E-state index is 13.0. The Labute approximate surface area is 189 Å². The van der Waals surface area contributed by atoms with E-state index in [9.17, 15) is 41.4 Å². The number of sulfone groups is 1. The predicted molar refractivity (Wildman–Crippen MR) is 111 cm³/mol. The molecule has 0 bridgehead atoms. The number of likely N-dealkylation sites (tertiary alicyclic amines) is 1. The average molecular weight is 497 g/mol. The van der Waals surface area contributed by atoms with E-state index in [-0.39, 0.29) is 0 Å². The van der Waals surface area contributed by atoms with E-state index in [1.165, 1.54) is 33.1 Å². The van der Waals surface area contributed by atoms with E-state index in [1.807, 2.05) is 0 Å². The van der Waals surface area contributed by atoms with Crippen LogP contribution in [0.2, 0.25) is 0 Å². The van der Waals surface area contributed by atoms with E-state index in [4.69, 9.17) is 4.74 Å². The Bertz CT molecular complexity index is 951. The van der Waals surface area contributed by atoms with Crippen molar-refractivity contribution in [2.24, 2.45) is 5.92 Å². The Hall–Kier alpha value is -2.54. The van der Waals surface area contributed by atoms with Crippen molar-refractivity contribution in [2.45, 2.75) is 55.6 Å². The lowest BCUT2D eigenvalue weighted by Crippen LogP contribution is -2.56. The van der Waals surface area contributed by atoms with E-state index in [2.05, 4.69) is 5.32 Å². The van der Waals surface area contributed by atoms with Gasteiger partial charge in [-0.25, -0.2) is 13.2 Å². The van der Waals surface area contributed by atoms with Gasteiger partial charge in [-0.05, 0) is 30.0 Å². The summed E-state index contributed by atoms with van der Waals surface area (Å²) >= 11 is 0. The molecular formula is C20H27F3N2O7S. The standard InChI is InChI=1S/C20H27F3N2O7S/c1-11(2)16(17(26)20(21,22)23)24-18(27)15-8-14(9-25(15)19(28)29)33(30,31)10-12-4-6-13(32-3)7-5-12/h4-7,11,14-17,26H,8-10H2,1-3H3,(H,24,27)(H,28,29)/t14-,15+,16?,17?/m1/s1. The minimum Gasteiger partial charge on any atom is -0.497 e. The Morgan fingerprint density at radius 3 is 2.27 bits per heavy atom. The number of methoxy groups -OCH3 is 1. The summed E-state index contributed by atoms with van der Waals surface area (Å²) in [5.41, 5.74) is 0.429. The summed E-state index contributed by atoms with van der Waals surface area (Å²) in [6.07, 6.45) is -9.86. The third-order valence-electron chi connectivity index (χ3n) is 5.55.